The van der Waals surface area contributed by atoms with Gasteiger partial charge in [-0.15, -0.1) is 17.9 Å². The van der Waals surface area contributed by atoms with Crippen LogP contribution in [0.3, 0.4) is 0 Å². The van der Waals surface area contributed by atoms with Crippen LogP contribution in [0.5, 0.6) is 0 Å². The number of allylic oxidation sites excluding steroid dienone is 1. The predicted molar refractivity (Wildman–Crippen MR) is 73.0 cm³/mol. The molecule has 0 aliphatic heterocycles. The molecule has 0 aliphatic rings. The summed E-state index contributed by atoms with van der Waals surface area (Å²) in [6.07, 6.45) is 2.80. The van der Waals surface area contributed by atoms with E-state index in [2.05, 4.69) is 23.3 Å². The van der Waals surface area contributed by atoms with E-state index in [-0.39, 0.29) is 0 Å². The molecule has 2 aromatic rings. The van der Waals surface area contributed by atoms with Crippen molar-refractivity contribution in [2.24, 2.45) is 0 Å². The summed E-state index contributed by atoms with van der Waals surface area (Å²) in [4.78, 5) is 0. The van der Waals surface area contributed by atoms with Crippen molar-refractivity contribution in [3.05, 3.63) is 59.0 Å². The lowest BCUT2D eigenvalue weighted by molar-refractivity contribution is 1.30. The zero-order chi connectivity index (χ0) is 11.4. The standard InChI is InChI=1S/C13H12ClNS/c1-2-3-10-8-9-16-13(10)15-12-6-4-11(14)5-7-12/h2,4-9,15H,1,3H2. The first kappa shape index (κ1) is 11.2. The van der Waals surface area contributed by atoms with Crippen LogP contribution in [0.2, 0.25) is 5.02 Å². The van der Waals surface area contributed by atoms with E-state index in [1.807, 2.05) is 30.3 Å². The largest absolute Gasteiger partial charge is 0.347 e. The van der Waals surface area contributed by atoms with E-state index >= 15 is 0 Å². The Morgan fingerprint density at radius 2 is 2.00 bits per heavy atom. The van der Waals surface area contributed by atoms with Crippen molar-refractivity contribution < 1.29 is 0 Å². The summed E-state index contributed by atoms with van der Waals surface area (Å²) in [5, 5.41) is 7.38. The van der Waals surface area contributed by atoms with Gasteiger partial charge >= 0.3 is 0 Å². The minimum Gasteiger partial charge on any atom is -0.347 e. The van der Waals surface area contributed by atoms with Crippen LogP contribution in [0, 0.1) is 0 Å². The third-order valence-electron chi connectivity index (χ3n) is 2.21. The highest BCUT2D eigenvalue weighted by Gasteiger charge is 2.02. The van der Waals surface area contributed by atoms with E-state index in [4.69, 9.17) is 11.6 Å². The third-order valence-corrected chi connectivity index (χ3v) is 3.34. The topological polar surface area (TPSA) is 12.0 Å². The van der Waals surface area contributed by atoms with E-state index in [0.29, 0.717) is 0 Å². The lowest BCUT2D eigenvalue weighted by Crippen LogP contribution is -1.90. The fourth-order valence-electron chi connectivity index (χ4n) is 1.43. The van der Waals surface area contributed by atoms with E-state index in [1.165, 1.54) is 10.6 Å². The highest BCUT2D eigenvalue weighted by Crippen LogP contribution is 2.28. The maximum atomic E-state index is 5.84. The van der Waals surface area contributed by atoms with Gasteiger partial charge in [0.2, 0.25) is 0 Å². The van der Waals surface area contributed by atoms with Gasteiger partial charge in [-0.1, -0.05) is 17.7 Å². The van der Waals surface area contributed by atoms with Gasteiger partial charge in [-0.25, -0.2) is 0 Å². The number of rotatable bonds is 4. The molecule has 1 heterocycles. The molecule has 0 atom stereocenters. The van der Waals surface area contributed by atoms with E-state index < -0.39 is 0 Å². The van der Waals surface area contributed by atoms with Crippen molar-refractivity contribution >= 4 is 33.6 Å². The summed E-state index contributed by atoms with van der Waals surface area (Å²) in [5.41, 5.74) is 2.33. The maximum Gasteiger partial charge on any atom is 0.0962 e. The molecule has 0 aliphatic carbocycles. The van der Waals surface area contributed by atoms with Gasteiger partial charge in [0.25, 0.3) is 0 Å². The molecule has 0 amide bonds. The van der Waals surface area contributed by atoms with Crippen LogP contribution < -0.4 is 5.32 Å². The average Bonchev–Trinajstić information content (AvgIpc) is 2.70. The quantitative estimate of drug-likeness (QED) is 0.762. The highest BCUT2D eigenvalue weighted by molar-refractivity contribution is 7.14. The molecule has 1 nitrogen and oxygen atoms in total. The molecule has 1 aromatic heterocycles. The zero-order valence-electron chi connectivity index (χ0n) is 8.74. The molecule has 16 heavy (non-hydrogen) atoms. The summed E-state index contributed by atoms with van der Waals surface area (Å²) in [6.45, 7) is 3.75. The van der Waals surface area contributed by atoms with E-state index in [1.54, 1.807) is 11.3 Å². The first-order valence-corrected chi connectivity index (χ1v) is 6.25. The number of hydrogen-bond donors (Lipinski definition) is 1. The molecule has 0 bridgehead atoms. The van der Waals surface area contributed by atoms with Crippen molar-refractivity contribution in [1.82, 2.24) is 0 Å². The first-order valence-electron chi connectivity index (χ1n) is 4.99. The maximum absolute atomic E-state index is 5.84. The molecule has 0 fully saturated rings. The molecule has 1 N–H and O–H groups in total. The monoisotopic (exact) mass is 249 g/mol. The van der Waals surface area contributed by atoms with Crippen LogP contribution in [0.1, 0.15) is 5.56 Å². The Kier molecular flexibility index (Phi) is 3.65. The Labute approximate surface area is 104 Å². The number of hydrogen-bond acceptors (Lipinski definition) is 2. The van der Waals surface area contributed by atoms with Crippen LogP contribution in [-0.2, 0) is 6.42 Å². The van der Waals surface area contributed by atoms with Crippen molar-refractivity contribution in [1.29, 1.82) is 0 Å². The Hall–Kier alpha value is -1.25. The molecule has 0 unspecified atom stereocenters. The SMILES string of the molecule is C=CCc1ccsc1Nc1ccc(Cl)cc1. The van der Waals surface area contributed by atoms with Crippen molar-refractivity contribution in [3.8, 4) is 0 Å². The number of halogens is 1. The van der Waals surface area contributed by atoms with Gasteiger partial charge in [0.15, 0.2) is 0 Å². The summed E-state index contributed by atoms with van der Waals surface area (Å²) >= 11 is 7.53. The fourth-order valence-corrected chi connectivity index (χ4v) is 2.40. The lowest BCUT2D eigenvalue weighted by Gasteiger charge is -2.06. The highest BCUT2D eigenvalue weighted by atomic mass is 35.5. The Bertz CT molecular complexity index is 473. The van der Waals surface area contributed by atoms with Gasteiger partial charge < -0.3 is 5.32 Å². The molecule has 0 spiro atoms. The van der Waals surface area contributed by atoms with Crippen molar-refractivity contribution in [2.75, 3.05) is 5.32 Å². The molecule has 3 heteroatoms. The number of benzene rings is 1. The normalized spacial score (nSPS) is 10.1. The van der Waals surface area contributed by atoms with Crippen LogP contribution in [0.4, 0.5) is 10.7 Å². The Morgan fingerprint density at radius 3 is 2.69 bits per heavy atom. The minimum absolute atomic E-state index is 0.753. The fraction of sp³-hybridized carbons (Fsp3) is 0.0769. The number of thiophene rings is 1. The molecule has 82 valence electrons. The van der Waals surface area contributed by atoms with E-state index in [9.17, 15) is 0 Å². The zero-order valence-corrected chi connectivity index (χ0v) is 10.3. The molecule has 0 radical (unpaired) electrons. The molecule has 0 saturated heterocycles. The summed E-state index contributed by atoms with van der Waals surface area (Å²) < 4.78 is 0. The summed E-state index contributed by atoms with van der Waals surface area (Å²) in [6, 6.07) is 9.82. The second-order valence-electron chi connectivity index (χ2n) is 3.40. The second kappa shape index (κ2) is 5.19. The number of nitrogens with one attached hydrogen (secondary N) is 1. The second-order valence-corrected chi connectivity index (χ2v) is 4.75. The summed E-state index contributed by atoms with van der Waals surface area (Å²) in [7, 11) is 0. The van der Waals surface area contributed by atoms with Crippen LogP contribution in [0.15, 0.2) is 48.4 Å². The van der Waals surface area contributed by atoms with Gasteiger partial charge in [0, 0.05) is 10.7 Å². The third kappa shape index (κ3) is 2.65. The van der Waals surface area contributed by atoms with Crippen LogP contribution in [0.25, 0.3) is 0 Å². The molecule has 1 aromatic carbocycles. The molecule has 0 saturated carbocycles. The smallest absolute Gasteiger partial charge is 0.0962 e. The minimum atomic E-state index is 0.753. The van der Waals surface area contributed by atoms with Gasteiger partial charge in [-0.3, -0.25) is 0 Å². The number of anilines is 2. The van der Waals surface area contributed by atoms with Gasteiger partial charge in [0.05, 0.1) is 5.00 Å². The van der Waals surface area contributed by atoms with Crippen LogP contribution in [-0.4, -0.2) is 0 Å². The average molecular weight is 250 g/mol. The summed E-state index contributed by atoms with van der Waals surface area (Å²) in [5.74, 6) is 0. The van der Waals surface area contributed by atoms with Crippen molar-refractivity contribution in [3.63, 3.8) is 0 Å². The van der Waals surface area contributed by atoms with Gasteiger partial charge in [0.1, 0.15) is 0 Å². The van der Waals surface area contributed by atoms with E-state index in [0.717, 1.165) is 17.1 Å². The van der Waals surface area contributed by atoms with Gasteiger partial charge in [-0.2, -0.15) is 0 Å². The Morgan fingerprint density at radius 1 is 1.25 bits per heavy atom. The molecule has 2 rings (SSSR count). The van der Waals surface area contributed by atoms with Crippen molar-refractivity contribution in [2.45, 2.75) is 6.42 Å². The van der Waals surface area contributed by atoms with Gasteiger partial charge in [-0.05, 0) is 47.7 Å². The lowest BCUT2D eigenvalue weighted by atomic mass is 10.2. The molecular formula is C13H12ClNS. The van der Waals surface area contributed by atoms with Crippen LogP contribution >= 0.6 is 22.9 Å². The first-order chi connectivity index (χ1) is 7.79. The Balaban J connectivity index is 2.16. The molecular weight excluding hydrogens is 238 g/mol. The predicted octanol–water partition coefficient (Wildman–Crippen LogP) is 4.87.